The molecule has 0 saturated heterocycles. The average molecular weight is 244 g/mol. The lowest BCUT2D eigenvalue weighted by Crippen LogP contribution is -2.37. The van der Waals surface area contributed by atoms with E-state index in [1.807, 2.05) is 13.8 Å². The van der Waals surface area contributed by atoms with Gasteiger partial charge in [0.2, 0.25) is 0 Å². The summed E-state index contributed by atoms with van der Waals surface area (Å²) in [5.74, 6) is -0.441. The van der Waals surface area contributed by atoms with E-state index in [1.165, 1.54) is 24.3 Å². The van der Waals surface area contributed by atoms with E-state index in [1.54, 1.807) is 13.8 Å². The van der Waals surface area contributed by atoms with Gasteiger partial charge in [-0.3, -0.25) is 0 Å². The van der Waals surface area contributed by atoms with Crippen LogP contribution in [0.4, 0.5) is 4.39 Å². The van der Waals surface area contributed by atoms with Crippen molar-refractivity contribution in [1.29, 1.82) is 0 Å². The summed E-state index contributed by atoms with van der Waals surface area (Å²) in [5, 5.41) is 0. The van der Waals surface area contributed by atoms with Crippen molar-refractivity contribution in [3.63, 3.8) is 0 Å². The molecule has 0 atom stereocenters. The van der Waals surface area contributed by atoms with Gasteiger partial charge in [0, 0.05) is 0 Å². The van der Waals surface area contributed by atoms with Gasteiger partial charge in [-0.2, -0.15) is 0 Å². The molecule has 0 aliphatic rings. The third-order valence-electron chi connectivity index (χ3n) is 3.21. The van der Waals surface area contributed by atoms with Crippen molar-refractivity contribution >= 4 is 9.84 Å². The lowest BCUT2D eigenvalue weighted by atomic mass is 10.00. The van der Waals surface area contributed by atoms with Gasteiger partial charge in [-0.15, -0.1) is 0 Å². The minimum atomic E-state index is -3.42. The van der Waals surface area contributed by atoms with Crippen LogP contribution in [0.2, 0.25) is 0 Å². The van der Waals surface area contributed by atoms with E-state index in [4.69, 9.17) is 0 Å². The van der Waals surface area contributed by atoms with E-state index in [9.17, 15) is 12.8 Å². The van der Waals surface area contributed by atoms with Crippen LogP contribution in [0.25, 0.3) is 0 Å². The molecule has 0 aliphatic carbocycles. The molecule has 0 bridgehead atoms. The van der Waals surface area contributed by atoms with Crippen LogP contribution < -0.4 is 0 Å². The molecular formula is C12H17FO2S. The summed E-state index contributed by atoms with van der Waals surface area (Å²) in [6.45, 7) is 7.11. The minimum Gasteiger partial charge on any atom is -0.223 e. The molecule has 90 valence electrons. The maximum absolute atomic E-state index is 12.7. The Kier molecular flexibility index (Phi) is 3.43. The van der Waals surface area contributed by atoms with Crippen LogP contribution in [0.3, 0.4) is 0 Å². The average Bonchev–Trinajstić information content (AvgIpc) is 2.17. The molecule has 16 heavy (non-hydrogen) atoms. The van der Waals surface area contributed by atoms with Gasteiger partial charge in [0.05, 0.1) is 9.64 Å². The fraction of sp³-hybridized carbons (Fsp3) is 0.500. The van der Waals surface area contributed by atoms with Crippen LogP contribution in [-0.4, -0.2) is 13.2 Å². The van der Waals surface area contributed by atoms with E-state index in [2.05, 4.69) is 0 Å². The molecule has 0 radical (unpaired) electrons. The first-order chi connectivity index (χ1) is 7.19. The van der Waals surface area contributed by atoms with Gasteiger partial charge in [-0.05, 0) is 44.0 Å². The molecule has 2 nitrogen and oxygen atoms in total. The lowest BCUT2D eigenvalue weighted by molar-refractivity contribution is 0.454. The fourth-order valence-electron chi connectivity index (χ4n) is 1.23. The summed E-state index contributed by atoms with van der Waals surface area (Å²) >= 11 is 0. The Morgan fingerprint density at radius 1 is 1.12 bits per heavy atom. The number of benzene rings is 1. The highest BCUT2D eigenvalue weighted by atomic mass is 32.2. The zero-order valence-corrected chi connectivity index (χ0v) is 10.8. The molecule has 1 aromatic rings. The molecule has 0 unspecified atom stereocenters. The zero-order chi connectivity index (χ0) is 12.6. The van der Waals surface area contributed by atoms with Crippen LogP contribution in [0.5, 0.6) is 0 Å². The molecule has 0 fully saturated rings. The highest BCUT2D eigenvalue weighted by Gasteiger charge is 2.38. The third-order valence-corrected chi connectivity index (χ3v) is 5.96. The second kappa shape index (κ2) is 4.17. The van der Waals surface area contributed by atoms with Crippen LogP contribution in [0.15, 0.2) is 29.2 Å². The number of hydrogen-bond donors (Lipinski definition) is 0. The van der Waals surface area contributed by atoms with Gasteiger partial charge >= 0.3 is 0 Å². The van der Waals surface area contributed by atoms with E-state index >= 15 is 0 Å². The molecule has 1 rings (SSSR count). The maximum Gasteiger partial charge on any atom is 0.183 e. The lowest BCUT2D eigenvalue weighted by Gasteiger charge is -2.28. The van der Waals surface area contributed by atoms with Crippen molar-refractivity contribution in [2.75, 3.05) is 0 Å². The second-order valence-electron chi connectivity index (χ2n) is 4.72. The van der Waals surface area contributed by atoms with Gasteiger partial charge in [-0.25, -0.2) is 12.8 Å². The van der Waals surface area contributed by atoms with Gasteiger partial charge in [0.1, 0.15) is 5.82 Å². The molecule has 0 spiro atoms. The number of rotatable bonds is 3. The highest BCUT2D eigenvalue weighted by molar-refractivity contribution is 7.92. The molecule has 0 amide bonds. The molecule has 1 aromatic carbocycles. The van der Waals surface area contributed by atoms with Crippen LogP contribution in [0.1, 0.15) is 27.7 Å². The quantitative estimate of drug-likeness (QED) is 0.766. The van der Waals surface area contributed by atoms with Gasteiger partial charge in [0.15, 0.2) is 9.84 Å². The largest absolute Gasteiger partial charge is 0.223 e. The predicted octanol–water partition coefficient (Wildman–Crippen LogP) is 3.03. The van der Waals surface area contributed by atoms with Crippen molar-refractivity contribution in [2.45, 2.75) is 37.3 Å². The second-order valence-corrected chi connectivity index (χ2v) is 7.25. The van der Waals surface area contributed by atoms with Gasteiger partial charge in [-0.1, -0.05) is 13.8 Å². The zero-order valence-electron chi connectivity index (χ0n) is 9.99. The summed E-state index contributed by atoms with van der Waals surface area (Å²) in [4.78, 5) is 0.174. The molecule has 0 aromatic heterocycles. The third kappa shape index (κ3) is 2.12. The smallest absolute Gasteiger partial charge is 0.183 e. The Morgan fingerprint density at radius 3 is 1.94 bits per heavy atom. The van der Waals surface area contributed by atoms with E-state index in [-0.39, 0.29) is 10.8 Å². The molecule has 0 aliphatic heterocycles. The van der Waals surface area contributed by atoms with Crippen LogP contribution >= 0.6 is 0 Å². The Labute approximate surface area is 96.4 Å². The maximum atomic E-state index is 12.7. The monoisotopic (exact) mass is 244 g/mol. The summed E-state index contributed by atoms with van der Waals surface area (Å²) in [6.07, 6.45) is 0. The summed E-state index contributed by atoms with van der Waals surface area (Å²) < 4.78 is 36.4. The predicted molar refractivity (Wildman–Crippen MR) is 62.5 cm³/mol. The topological polar surface area (TPSA) is 34.1 Å². The number of sulfone groups is 1. The first-order valence-corrected chi connectivity index (χ1v) is 6.68. The SMILES string of the molecule is CC(C)C(C)(C)S(=O)(=O)c1ccc(F)cc1. The van der Waals surface area contributed by atoms with Crippen molar-refractivity contribution in [3.8, 4) is 0 Å². The first kappa shape index (κ1) is 13.2. The summed E-state index contributed by atoms with van der Waals surface area (Å²) in [7, 11) is -3.42. The molecular weight excluding hydrogens is 227 g/mol. The van der Waals surface area contributed by atoms with Gasteiger partial charge in [0.25, 0.3) is 0 Å². The first-order valence-electron chi connectivity index (χ1n) is 5.20. The van der Waals surface area contributed by atoms with Crippen molar-refractivity contribution in [1.82, 2.24) is 0 Å². The van der Waals surface area contributed by atoms with Crippen molar-refractivity contribution in [3.05, 3.63) is 30.1 Å². The van der Waals surface area contributed by atoms with Crippen molar-refractivity contribution in [2.24, 2.45) is 5.92 Å². The minimum absolute atomic E-state index is 0.0115. The summed E-state index contributed by atoms with van der Waals surface area (Å²) in [6, 6.07) is 4.97. The van der Waals surface area contributed by atoms with E-state index in [0.29, 0.717) is 0 Å². The van der Waals surface area contributed by atoms with Crippen molar-refractivity contribution < 1.29 is 12.8 Å². The Balaban J connectivity index is 3.27. The Hall–Kier alpha value is -0.900. The van der Waals surface area contributed by atoms with Crippen LogP contribution in [0, 0.1) is 11.7 Å². The van der Waals surface area contributed by atoms with E-state index in [0.717, 1.165) is 0 Å². The number of halogens is 1. The summed E-state index contributed by atoms with van der Waals surface area (Å²) in [5.41, 5.74) is 0. The van der Waals surface area contributed by atoms with Crippen LogP contribution in [-0.2, 0) is 9.84 Å². The molecule has 0 saturated carbocycles. The Bertz CT molecular complexity index is 458. The molecule has 0 heterocycles. The number of hydrogen-bond acceptors (Lipinski definition) is 2. The van der Waals surface area contributed by atoms with Gasteiger partial charge < -0.3 is 0 Å². The van der Waals surface area contributed by atoms with E-state index < -0.39 is 20.4 Å². The highest BCUT2D eigenvalue weighted by Crippen LogP contribution is 2.31. The molecule has 0 N–H and O–H groups in total. The molecule has 4 heteroatoms. The standard InChI is InChI=1S/C12H17FO2S/c1-9(2)12(3,4)16(14,15)11-7-5-10(13)6-8-11/h5-9H,1-4H3. The Morgan fingerprint density at radius 2 is 1.56 bits per heavy atom. The normalized spacial score (nSPS) is 13.1. The fourth-order valence-corrected chi connectivity index (χ4v) is 2.95.